The summed E-state index contributed by atoms with van der Waals surface area (Å²) in [4.78, 5) is 18.0. The number of rotatable bonds is 6. The Morgan fingerprint density at radius 3 is 2.92 bits per heavy atom. The van der Waals surface area contributed by atoms with E-state index in [2.05, 4.69) is 10.3 Å². The number of likely N-dealkylation sites (N-methyl/N-ethyl adjacent to an activating group) is 1. The van der Waals surface area contributed by atoms with Gasteiger partial charge < -0.3 is 15.0 Å². The Hall–Kier alpha value is -2.47. The van der Waals surface area contributed by atoms with Gasteiger partial charge in [0.05, 0.1) is 12.6 Å². The van der Waals surface area contributed by atoms with Crippen molar-refractivity contribution in [2.75, 3.05) is 13.7 Å². The summed E-state index contributed by atoms with van der Waals surface area (Å²) in [7, 11) is 1.80. The van der Waals surface area contributed by atoms with Gasteiger partial charge in [-0.15, -0.1) is 0 Å². The van der Waals surface area contributed by atoms with E-state index in [1.807, 2.05) is 25.1 Å². The molecule has 6 heteroatoms. The summed E-state index contributed by atoms with van der Waals surface area (Å²) in [5.74, 6) is -0.0240. The van der Waals surface area contributed by atoms with Crippen LogP contribution in [0.1, 0.15) is 30.5 Å². The number of ether oxygens (including phenoxy) is 1. The molecule has 0 saturated carbocycles. The average molecular weight is 343 g/mol. The fourth-order valence-electron chi connectivity index (χ4n) is 3.24. The fourth-order valence-corrected chi connectivity index (χ4v) is 3.24. The van der Waals surface area contributed by atoms with Crippen molar-refractivity contribution in [2.24, 2.45) is 0 Å². The zero-order valence-corrected chi connectivity index (χ0v) is 14.4. The van der Waals surface area contributed by atoms with Crippen molar-refractivity contribution >= 4 is 5.91 Å². The normalized spacial score (nSPS) is 20.1. The number of carbonyl (C=O) groups is 1. The second-order valence-corrected chi connectivity index (χ2v) is 6.13. The third-order valence-corrected chi connectivity index (χ3v) is 4.48. The summed E-state index contributed by atoms with van der Waals surface area (Å²) in [5.41, 5.74) is 1.80. The number of carbonyl (C=O) groups excluding carboxylic acids is 1. The first-order valence-corrected chi connectivity index (χ1v) is 8.40. The minimum Gasteiger partial charge on any atom is -0.491 e. The molecule has 2 atom stereocenters. The first-order chi connectivity index (χ1) is 12.1. The molecular weight excluding hydrogens is 321 g/mol. The number of amides is 1. The fraction of sp³-hybridized carbons (Fsp3) is 0.368. The van der Waals surface area contributed by atoms with Gasteiger partial charge in [0.25, 0.3) is 0 Å². The van der Waals surface area contributed by atoms with Gasteiger partial charge >= 0.3 is 0 Å². The van der Waals surface area contributed by atoms with Gasteiger partial charge in [0.1, 0.15) is 0 Å². The summed E-state index contributed by atoms with van der Waals surface area (Å²) >= 11 is 0. The summed E-state index contributed by atoms with van der Waals surface area (Å²) in [5, 5.41) is 3.39. The standard InChI is InChI=1S/C19H22FN3O2/c1-3-25-17-7-6-13(9-15(17)20)11-22-16-10-18(24)23(2)19(16)14-5-4-8-21-12-14/h4-9,12,16,19,22H,3,10-11H2,1-2H3/t16-,19+/m1/s1. The topological polar surface area (TPSA) is 54.5 Å². The Morgan fingerprint density at radius 1 is 1.40 bits per heavy atom. The highest BCUT2D eigenvalue weighted by Crippen LogP contribution is 2.31. The van der Waals surface area contributed by atoms with Crippen LogP contribution in [0.25, 0.3) is 0 Å². The molecule has 1 amide bonds. The smallest absolute Gasteiger partial charge is 0.224 e. The molecule has 2 heterocycles. The molecule has 1 N–H and O–H groups in total. The molecule has 1 aromatic carbocycles. The van der Waals surface area contributed by atoms with E-state index in [0.29, 0.717) is 19.6 Å². The monoisotopic (exact) mass is 343 g/mol. The highest BCUT2D eigenvalue weighted by atomic mass is 19.1. The van der Waals surface area contributed by atoms with Crippen molar-refractivity contribution in [3.8, 4) is 5.75 Å². The summed E-state index contributed by atoms with van der Waals surface area (Å²) in [6.07, 6.45) is 3.91. The van der Waals surface area contributed by atoms with Crippen molar-refractivity contribution < 1.29 is 13.9 Å². The Morgan fingerprint density at radius 2 is 2.24 bits per heavy atom. The SMILES string of the molecule is CCOc1ccc(CN[C@@H]2CC(=O)N(C)[C@H]2c2cccnc2)cc1F. The first kappa shape index (κ1) is 17.4. The maximum absolute atomic E-state index is 14.0. The van der Waals surface area contributed by atoms with E-state index in [9.17, 15) is 9.18 Å². The van der Waals surface area contributed by atoms with Gasteiger partial charge in [0, 0.05) is 38.4 Å². The van der Waals surface area contributed by atoms with Crippen LogP contribution in [0.4, 0.5) is 4.39 Å². The minimum atomic E-state index is -0.371. The average Bonchev–Trinajstić information content (AvgIpc) is 2.90. The lowest BCUT2D eigenvalue weighted by Crippen LogP contribution is -2.34. The van der Waals surface area contributed by atoms with Crippen molar-refractivity contribution in [3.05, 3.63) is 59.7 Å². The van der Waals surface area contributed by atoms with Gasteiger partial charge in [0.15, 0.2) is 11.6 Å². The van der Waals surface area contributed by atoms with Crippen molar-refractivity contribution in [3.63, 3.8) is 0 Å². The molecule has 1 aliphatic rings. The highest BCUT2D eigenvalue weighted by Gasteiger charge is 2.38. The molecule has 1 aliphatic heterocycles. The molecule has 5 nitrogen and oxygen atoms in total. The third kappa shape index (κ3) is 3.79. The van der Waals surface area contributed by atoms with Crippen LogP contribution in [0.3, 0.4) is 0 Å². The molecule has 0 spiro atoms. The van der Waals surface area contributed by atoms with E-state index < -0.39 is 0 Å². The van der Waals surface area contributed by atoms with Gasteiger partial charge in [-0.05, 0) is 36.2 Å². The van der Waals surface area contributed by atoms with Gasteiger partial charge in [-0.25, -0.2) is 4.39 Å². The van der Waals surface area contributed by atoms with Gasteiger partial charge in [-0.3, -0.25) is 9.78 Å². The van der Waals surface area contributed by atoms with Crippen LogP contribution in [0.15, 0.2) is 42.7 Å². The molecular formula is C19H22FN3O2. The number of pyridine rings is 1. The van der Waals surface area contributed by atoms with E-state index in [4.69, 9.17) is 4.74 Å². The van der Waals surface area contributed by atoms with E-state index in [-0.39, 0.29) is 29.6 Å². The van der Waals surface area contributed by atoms with Crippen LogP contribution in [0.5, 0.6) is 5.75 Å². The molecule has 0 bridgehead atoms. The zero-order valence-electron chi connectivity index (χ0n) is 14.4. The second kappa shape index (κ2) is 7.61. The number of nitrogens with zero attached hydrogens (tertiary/aromatic N) is 2. The van der Waals surface area contributed by atoms with Crippen molar-refractivity contribution in [1.29, 1.82) is 0 Å². The predicted octanol–water partition coefficient (Wildman–Crippen LogP) is 2.68. The molecule has 132 valence electrons. The maximum Gasteiger partial charge on any atom is 0.224 e. The molecule has 25 heavy (non-hydrogen) atoms. The van der Waals surface area contributed by atoms with E-state index >= 15 is 0 Å². The molecule has 3 rings (SSSR count). The van der Waals surface area contributed by atoms with Crippen molar-refractivity contribution in [1.82, 2.24) is 15.2 Å². The molecule has 0 radical (unpaired) electrons. The number of aromatic nitrogens is 1. The van der Waals surface area contributed by atoms with Gasteiger partial charge in [-0.1, -0.05) is 12.1 Å². The van der Waals surface area contributed by atoms with Crippen LogP contribution in [0, 0.1) is 5.82 Å². The quantitative estimate of drug-likeness (QED) is 0.876. The third-order valence-electron chi connectivity index (χ3n) is 4.48. The van der Waals surface area contributed by atoms with Crippen LogP contribution < -0.4 is 10.1 Å². The van der Waals surface area contributed by atoms with Crippen molar-refractivity contribution in [2.45, 2.75) is 32.0 Å². The van der Waals surface area contributed by atoms with E-state index in [0.717, 1.165) is 11.1 Å². The zero-order chi connectivity index (χ0) is 17.8. The molecule has 0 unspecified atom stereocenters. The van der Waals surface area contributed by atoms with Crippen LogP contribution >= 0.6 is 0 Å². The highest BCUT2D eigenvalue weighted by molar-refractivity contribution is 5.80. The Balaban J connectivity index is 1.71. The first-order valence-electron chi connectivity index (χ1n) is 8.40. The summed E-state index contributed by atoms with van der Waals surface area (Å²) in [6.45, 7) is 2.73. The van der Waals surface area contributed by atoms with Gasteiger partial charge in [0.2, 0.25) is 5.91 Å². The lowest BCUT2D eigenvalue weighted by Gasteiger charge is -2.25. The minimum absolute atomic E-state index is 0.0451. The largest absolute Gasteiger partial charge is 0.491 e. The molecule has 2 aromatic rings. The number of nitrogens with one attached hydrogen (secondary N) is 1. The lowest BCUT2D eigenvalue weighted by atomic mass is 10.0. The summed E-state index contributed by atoms with van der Waals surface area (Å²) in [6, 6.07) is 8.66. The Bertz CT molecular complexity index is 739. The molecule has 1 fully saturated rings. The number of benzene rings is 1. The molecule has 1 aromatic heterocycles. The summed E-state index contributed by atoms with van der Waals surface area (Å²) < 4.78 is 19.2. The van der Waals surface area contributed by atoms with Crippen LogP contribution in [-0.2, 0) is 11.3 Å². The number of hydrogen-bond donors (Lipinski definition) is 1. The predicted molar refractivity (Wildman–Crippen MR) is 92.6 cm³/mol. The Kier molecular flexibility index (Phi) is 5.28. The van der Waals surface area contributed by atoms with E-state index in [1.54, 1.807) is 30.4 Å². The number of halogens is 1. The van der Waals surface area contributed by atoms with Crippen LogP contribution in [0.2, 0.25) is 0 Å². The maximum atomic E-state index is 14.0. The number of likely N-dealkylation sites (tertiary alicyclic amines) is 1. The van der Waals surface area contributed by atoms with Gasteiger partial charge in [-0.2, -0.15) is 0 Å². The lowest BCUT2D eigenvalue weighted by molar-refractivity contribution is -0.127. The Labute approximate surface area is 146 Å². The second-order valence-electron chi connectivity index (χ2n) is 6.13. The van der Waals surface area contributed by atoms with Crippen LogP contribution in [-0.4, -0.2) is 35.5 Å². The molecule has 1 saturated heterocycles. The van der Waals surface area contributed by atoms with E-state index in [1.165, 1.54) is 6.07 Å². The molecule has 0 aliphatic carbocycles. The number of hydrogen-bond acceptors (Lipinski definition) is 4.